The van der Waals surface area contributed by atoms with E-state index in [1.54, 1.807) is 11.8 Å². The summed E-state index contributed by atoms with van der Waals surface area (Å²) >= 11 is 5.75. The molecule has 6 N–H and O–H groups in total. The number of amides is 2. The van der Waals surface area contributed by atoms with Gasteiger partial charge in [0.05, 0.1) is 20.6 Å². The Morgan fingerprint density at radius 1 is 1.38 bits per heavy atom. The number of rotatable bonds is 11. The van der Waals surface area contributed by atoms with Gasteiger partial charge in [-0.1, -0.05) is 17.8 Å². The Bertz CT molecular complexity index is 1270. The highest BCUT2D eigenvalue weighted by atomic mass is 32.2. The fourth-order valence-electron chi connectivity index (χ4n) is 3.75. The van der Waals surface area contributed by atoms with Gasteiger partial charge in [-0.15, -0.1) is 28.0 Å². The molecule has 0 aromatic carbocycles. The average molecular weight is 582 g/mol. The number of carboxylic acid groups (broad SMARTS) is 1. The highest BCUT2D eigenvalue weighted by molar-refractivity contribution is 8.07. The van der Waals surface area contributed by atoms with E-state index in [1.807, 2.05) is 6.92 Å². The van der Waals surface area contributed by atoms with Gasteiger partial charge >= 0.3 is 5.97 Å². The lowest BCUT2D eigenvalue weighted by molar-refractivity contribution is -0.150. The van der Waals surface area contributed by atoms with Crippen molar-refractivity contribution in [2.75, 3.05) is 23.8 Å². The van der Waals surface area contributed by atoms with Gasteiger partial charge in [0.2, 0.25) is 6.04 Å². The van der Waals surface area contributed by atoms with E-state index in [4.69, 9.17) is 11.5 Å². The maximum absolute atomic E-state index is 13.0. The number of pyridine rings is 1. The minimum Gasteiger partial charge on any atom is -0.477 e. The largest absolute Gasteiger partial charge is 0.477 e. The number of β-lactam (4-membered cyclic amide) rings is 1. The smallest absolute Gasteiger partial charge is 0.353 e. The average Bonchev–Trinajstić information content (AvgIpc) is 3.21. The van der Waals surface area contributed by atoms with Gasteiger partial charge in [-0.25, -0.2) is 14.8 Å². The zero-order valence-electron chi connectivity index (χ0n) is 19.4. The van der Waals surface area contributed by atoms with Crippen molar-refractivity contribution in [1.82, 2.24) is 20.2 Å². The number of carboxylic acids is 1. The van der Waals surface area contributed by atoms with Crippen LogP contribution in [0.1, 0.15) is 22.4 Å². The number of nitroso groups, excluding NO2 is 1. The monoisotopic (exact) mass is 581 g/mol. The van der Waals surface area contributed by atoms with Crippen LogP contribution in [0.25, 0.3) is 0 Å². The van der Waals surface area contributed by atoms with E-state index in [9.17, 15) is 24.4 Å². The molecule has 4 rings (SSSR count). The Hall–Kier alpha value is -2.66. The third-order valence-electron chi connectivity index (χ3n) is 5.35. The van der Waals surface area contributed by atoms with Gasteiger partial charge in [0.15, 0.2) is 0 Å². The number of hydrogen-bond acceptors (Lipinski definition) is 13. The van der Waals surface area contributed by atoms with Gasteiger partial charge in [0, 0.05) is 28.7 Å². The minimum absolute atomic E-state index is 0.0533. The van der Waals surface area contributed by atoms with E-state index in [0.717, 1.165) is 20.7 Å². The molecule has 196 valence electrons. The van der Waals surface area contributed by atoms with E-state index in [1.165, 1.54) is 58.0 Å². The van der Waals surface area contributed by atoms with Crippen molar-refractivity contribution in [2.24, 2.45) is 10.9 Å². The maximum Gasteiger partial charge on any atom is 0.353 e. The van der Waals surface area contributed by atoms with Gasteiger partial charge in [-0.2, -0.15) is 11.8 Å². The zero-order chi connectivity index (χ0) is 26.7. The van der Waals surface area contributed by atoms with Gasteiger partial charge < -0.3 is 21.9 Å². The predicted molar refractivity (Wildman–Crippen MR) is 145 cm³/mol. The molecular weight excluding hydrogens is 559 g/mol. The summed E-state index contributed by atoms with van der Waals surface area (Å²) in [5, 5.41) is 15.6. The molecule has 2 amide bonds. The van der Waals surface area contributed by atoms with Gasteiger partial charge in [0.25, 0.3) is 11.8 Å². The Labute approximate surface area is 228 Å². The van der Waals surface area contributed by atoms with Crippen molar-refractivity contribution in [3.63, 3.8) is 0 Å². The number of aromatic nitrogens is 2. The molecule has 1 saturated heterocycles. The molecule has 0 saturated carbocycles. The standard InChI is InChI=1S/C21H23N7O5S4/c1-9-24-11(7-34-6-5-22)21(36-9)37-12-8-35-19-15(18(30)28(19)16(12)20(31)32)26-17(29)14(27-33)10-3-2-4-13(23)25-10/h2-4,14-15,19H,5-8,22H2,1H3,(H2,23,25)(H,26,29)(H,31,32)/t14?,15-,19+/m1/s1. The molecule has 3 atom stereocenters. The predicted octanol–water partition coefficient (Wildman–Crippen LogP) is 1.92. The number of aryl methyl sites for hydroxylation is 1. The minimum atomic E-state index is -1.50. The number of fused-ring (bicyclic) bond motifs is 1. The van der Waals surface area contributed by atoms with Gasteiger partial charge in [-0.05, 0) is 24.2 Å². The second-order valence-corrected chi connectivity index (χ2v) is 12.7. The molecular formula is C21H23N7O5S4. The first-order valence-corrected chi connectivity index (χ1v) is 14.8. The first kappa shape index (κ1) is 27.4. The van der Waals surface area contributed by atoms with Gasteiger partial charge in [-0.3, -0.25) is 14.5 Å². The molecule has 0 aliphatic carbocycles. The molecule has 0 radical (unpaired) electrons. The number of carbonyl (C=O) groups is 3. The number of nitrogen functional groups attached to an aromatic ring is 1. The van der Waals surface area contributed by atoms with E-state index in [-0.39, 0.29) is 17.2 Å². The third-order valence-corrected chi connectivity index (χ3v) is 10.1. The number of hydrogen-bond donors (Lipinski definition) is 4. The van der Waals surface area contributed by atoms with Crippen LogP contribution in [-0.2, 0) is 20.1 Å². The fourth-order valence-corrected chi connectivity index (χ4v) is 8.51. The van der Waals surface area contributed by atoms with Crippen LogP contribution in [0.15, 0.2) is 38.2 Å². The summed E-state index contributed by atoms with van der Waals surface area (Å²) in [6.07, 6.45) is 0. The second-order valence-electron chi connectivity index (χ2n) is 7.88. The van der Waals surface area contributed by atoms with E-state index < -0.39 is 35.2 Å². The van der Waals surface area contributed by atoms with E-state index >= 15 is 0 Å². The van der Waals surface area contributed by atoms with E-state index in [0.29, 0.717) is 23.0 Å². The van der Waals surface area contributed by atoms with Gasteiger partial charge in [0.1, 0.15) is 22.9 Å². The molecule has 1 fully saturated rings. The number of nitrogens with two attached hydrogens (primary N) is 2. The number of nitrogens with one attached hydrogen (secondary N) is 1. The van der Waals surface area contributed by atoms with Crippen molar-refractivity contribution >= 4 is 70.2 Å². The Morgan fingerprint density at radius 2 is 2.16 bits per heavy atom. The lowest BCUT2D eigenvalue weighted by Crippen LogP contribution is -2.70. The molecule has 16 heteroatoms. The number of aliphatic carboxylic acids is 1. The number of anilines is 1. The topological polar surface area (TPSA) is 194 Å². The van der Waals surface area contributed by atoms with Crippen molar-refractivity contribution in [3.8, 4) is 0 Å². The third kappa shape index (κ3) is 5.77. The number of thioether (sulfide) groups is 3. The lowest BCUT2D eigenvalue weighted by Gasteiger charge is -2.49. The second kappa shape index (κ2) is 11.8. The van der Waals surface area contributed by atoms with Crippen molar-refractivity contribution in [1.29, 1.82) is 0 Å². The highest BCUT2D eigenvalue weighted by Crippen LogP contribution is 2.47. The summed E-state index contributed by atoms with van der Waals surface area (Å²) in [5.41, 5.74) is 12.0. The zero-order valence-corrected chi connectivity index (χ0v) is 22.7. The van der Waals surface area contributed by atoms with Crippen LogP contribution in [0.5, 0.6) is 0 Å². The molecule has 0 bridgehead atoms. The Balaban J connectivity index is 1.51. The van der Waals surface area contributed by atoms with E-state index in [2.05, 4.69) is 20.5 Å². The molecule has 12 nitrogen and oxygen atoms in total. The molecule has 4 heterocycles. The van der Waals surface area contributed by atoms with Crippen LogP contribution in [0.3, 0.4) is 0 Å². The van der Waals surface area contributed by atoms with Crippen molar-refractivity contribution < 1.29 is 19.5 Å². The Morgan fingerprint density at radius 3 is 2.84 bits per heavy atom. The van der Waals surface area contributed by atoms with Crippen molar-refractivity contribution in [2.45, 2.75) is 34.3 Å². The SMILES string of the molecule is Cc1nc(CSCCN)c(SC2=C(C(=O)O)N3C(=O)[C@@H](NC(=O)C(N=O)c4cccc(N)n4)[C@@H]3SC2)s1. The Kier molecular flexibility index (Phi) is 8.74. The number of thiazole rings is 1. The summed E-state index contributed by atoms with van der Waals surface area (Å²) in [4.78, 5) is 59.6. The lowest BCUT2D eigenvalue weighted by atomic mass is 10.0. The fraction of sp³-hybridized carbons (Fsp3) is 0.381. The highest BCUT2D eigenvalue weighted by Gasteiger charge is 2.55. The molecule has 2 aromatic rings. The summed E-state index contributed by atoms with van der Waals surface area (Å²) in [6, 6.07) is 1.97. The molecule has 1 unspecified atom stereocenters. The molecule has 37 heavy (non-hydrogen) atoms. The first-order valence-electron chi connectivity index (χ1n) is 10.9. The molecule has 2 aliphatic heterocycles. The first-order chi connectivity index (χ1) is 17.7. The summed E-state index contributed by atoms with van der Waals surface area (Å²) in [7, 11) is 0. The summed E-state index contributed by atoms with van der Waals surface area (Å²) in [5.74, 6) is -0.747. The number of nitrogens with zero attached hydrogens (tertiary/aromatic N) is 4. The van der Waals surface area contributed by atoms with Crippen LogP contribution < -0.4 is 16.8 Å². The number of carbonyl (C=O) groups excluding carboxylic acids is 2. The van der Waals surface area contributed by atoms with Crippen LogP contribution in [0, 0.1) is 11.8 Å². The normalized spacial score (nSPS) is 19.7. The van der Waals surface area contributed by atoms with Crippen LogP contribution in [0.4, 0.5) is 5.82 Å². The maximum atomic E-state index is 13.0. The quantitative estimate of drug-likeness (QED) is 0.171. The summed E-state index contributed by atoms with van der Waals surface area (Å²) in [6.45, 7) is 2.44. The molecule has 0 spiro atoms. The van der Waals surface area contributed by atoms with Crippen LogP contribution >= 0.6 is 46.6 Å². The van der Waals surface area contributed by atoms with Crippen molar-refractivity contribution in [3.05, 3.63) is 50.1 Å². The van der Waals surface area contributed by atoms with Crippen LogP contribution in [0.2, 0.25) is 0 Å². The molecule has 2 aromatic heterocycles. The molecule has 2 aliphatic rings. The van der Waals surface area contributed by atoms with Crippen LogP contribution in [-0.4, -0.2) is 67.2 Å². The summed E-state index contributed by atoms with van der Waals surface area (Å²) < 4.78 is 0.877.